The number of hydrogen-bond donors (Lipinski definition) is 0. The van der Waals surface area contributed by atoms with Crippen molar-refractivity contribution < 1.29 is 9.16 Å². The summed E-state index contributed by atoms with van der Waals surface area (Å²) in [7, 11) is -1.60. The highest BCUT2D eigenvalue weighted by Crippen LogP contribution is 2.38. The van der Waals surface area contributed by atoms with Crippen LogP contribution in [0.2, 0.25) is 18.1 Å². The van der Waals surface area contributed by atoms with E-state index in [1.54, 1.807) is 0 Å². The van der Waals surface area contributed by atoms with E-state index < -0.39 is 8.32 Å². The molecule has 0 spiro atoms. The van der Waals surface area contributed by atoms with Crippen LogP contribution in [-0.2, 0) is 22.3 Å². The summed E-state index contributed by atoms with van der Waals surface area (Å²) in [5.74, 6) is 1.54. The fourth-order valence-corrected chi connectivity index (χ4v) is 5.72. The normalized spacial score (nSPS) is 22.6. The van der Waals surface area contributed by atoms with E-state index in [2.05, 4.69) is 63.0 Å². The third-order valence-electron chi connectivity index (χ3n) is 7.98. The highest BCUT2D eigenvalue weighted by atomic mass is 28.4. The number of hydrogen-bond acceptors (Lipinski definition) is 3. The maximum absolute atomic E-state index is 6.46. The van der Waals surface area contributed by atoms with Gasteiger partial charge in [0.25, 0.3) is 0 Å². The number of rotatable bonds is 11. The molecular formula is C27H47NO2Si. The van der Waals surface area contributed by atoms with Gasteiger partial charge >= 0.3 is 0 Å². The average molecular weight is 446 g/mol. The van der Waals surface area contributed by atoms with Crippen LogP contribution >= 0.6 is 0 Å². The van der Waals surface area contributed by atoms with Gasteiger partial charge in [-0.05, 0) is 92.6 Å². The van der Waals surface area contributed by atoms with Crippen molar-refractivity contribution in [1.82, 2.24) is 4.90 Å². The van der Waals surface area contributed by atoms with Gasteiger partial charge in [-0.3, -0.25) is 4.90 Å². The largest absolute Gasteiger partial charge is 0.417 e. The van der Waals surface area contributed by atoms with Crippen LogP contribution in [0, 0.1) is 11.8 Å². The van der Waals surface area contributed by atoms with Crippen molar-refractivity contribution in [1.29, 1.82) is 0 Å². The first kappa shape index (κ1) is 24.9. The Morgan fingerprint density at radius 1 is 0.871 bits per heavy atom. The van der Waals surface area contributed by atoms with Gasteiger partial charge in [-0.2, -0.15) is 0 Å². The molecule has 1 aromatic carbocycles. The van der Waals surface area contributed by atoms with Crippen LogP contribution in [0.4, 0.5) is 0 Å². The molecular weight excluding hydrogens is 398 g/mol. The van der Waals surface area contributed by atoms with E-state index in [1.807, 2.05) is 0 Å². The molecule has 31 heavy (non-hydrogen) atoms. The first-order valence-electron chi connectivity index (χ1n) is 12.8. The summed E-state index contributed by atoms with van der Waals surface area (Å²) in [5, 5.41) is 0.317. The summed E-state index contributed by atoms with van der Waals surface area (Å²) in [4.78, 5) is 2.58. The van der Waals surface area contributed by atoms with Crippen LogP contribution in [0.5, 0.6) is 0 Å². The van der Waals surface area contributed by atoms with Crippen LogP contribution < -0.4 is 0 Å². The predicted octanol–water partition coefficient (Wildman–Crippen LogP) is 7.02. The molecule has 1 saturated carbocycles. The lowest BCUT2D eigenvalue weighted by Crippen LogP contribution is -2.42. The number of ether oxygens (including phenoxy) is 1. The zero-order chi connectivity index (χ0) is 22.3. The lowest BCUT2D eigenvalue weighted by atomic mass is 9.83. The van der Waals surface area contributed by atoms with E-state index in [0.29, 0.717) is 5.04 Å². The number of benzene rings is 1. The summed E-state index contributed by atoms with van der Waals surface area (Å²) in [6.45, 7) is 18.1. The van der Waals surface area contributed by atoms with Gasteiger partial charge < -0.3 is 9.16 Å². The molecule has 4 heteroatoms. The Bertz CT molecular complexity index is 636. The molecule has 1 aromatic rings. The smallest absolute Gasteiger partial charge is 0.191 e. The lowest BCUT2D eigenvalue weighted by Gasteiger charge is -2.38. The Kier molecular flexibility index (Phi) is 9.21. The van der Waals surface area contributed by atoms with Crippen LogP contribution in [0.25, 0.3) is 0 Å². The molecule has 0 aromatic heterocycles. The minimum Gasteiger partial charge on any atom is -0.417 e. The molecule has 1 fully saturated rings. The molecule has 1 aliphatic carbocycles. The summed E-state index contributed by atoms with van der Waals surface area (Å²) >= 11 is 0. The molecule has 176 valence electrons. The molecule has 0 atom stereocenters. The van der Waals surface area contributed by atoms with E-state index in [0.717, 1.165) is 44.7 Å². The van der Waals surface area contributed by atoms with E-state index >= 15 is 0 Å². The molecule has 0 N–H and O–H groups in total. The maximum Gasteiger partial charge on any atom is 0.191 e. The minimum atomic E-state index is -1.60. The van der Waals surface area contributed by atoms with Gasteiger partial charge in [-0.1, -0.05) is 45.0 Å². The zero-order valence-corrected chi connectivity index (χ0v) is 21.9. The van der Waals surface area contributed by atoms with Crippen molar-refractivity contribution in [3.05, 3.63) is 35.4 Å². The van der Waals surface area contributed by atoms with Gasteiger partial charge in [0.05, 0.1) is 0 Å². The molecule has 0 unspecified atom stereocenters. The van der Waals surface area contributed by atoms with Gasteiger partial charge in [0, 0.05) is 32.9 Å². The van der Waals surface area contributed by atoms with Crippen molar-refractivity contribution in [2.24, 2.45) is 11.8 Å². The van der Waals surface area contributed by atoms with E-state index in [-0.39, 0.29) is 0 Å². The van der Waals surface area contributed by atoms with Crippen molar-refractivity contribution in [2.75, 3.05) is 26.4 Å². The monoisotopic (exact) mass is 445 g/mol. The second kappa shape index (κ2) is 11.4. The summed E-state index contributed by atoms with van der Waals surface area (Å²) in [5.41, 5.74) is 3.04. The van der Waals surface area contributed by atoms with E-state index in [4.69, 9.17) is 9.16 Å². The lowest BCUT2D eigenvalue weighted by molar-refractivity contribution is 0.0680. The van der Waals surface area contributed by atoms with Crippen molar-refractivity contribution in [3.8, 4) is 0 Å². The fourth-order valence-electron chi connectivity index (χ4n) is 4.64. The Morgan fingerprint density at radius 2 is 1.45 bits per heavy atom. The van der Waals surface area contributed by atoms with E-state index in [1.165, 1.54) is 62.6 Å². The standard InChI is InChI=1S/C27H47NO2Si/c1-27(2,3)31(4,5)30-22-24-15-13-23(14-16-24)21-29-18-10-6-9-17-28-19-25-11-7-8-12-26(25)20-28/h7-8,11-12,23-24H,6,9-10,13-22H2,1-5H3. The topological polar surface area (TPSA) is 21.7 Å². The van der Waals surface area contributed by atoms with Crippen LogP contribution in [0.1, 0.15) is 76.8 Å². The summed E-state index contributed by atoms with van der Waals surface area (Å²) in [6, 6.07) is 8.88. The zero-order valence-electron chi connectivity index (χ0n) is 20.9. The Balaban J connectivity index is 1.17. The van der Waals surface area contributed by atoms with Gasteiger partial charge in [-0.25, -0.2) is 0 Å². The van der Waals surface area contributed by atoms with Crippen molar-refractivity contribution in [3.63, 3.8) is 0 Å². The van der Waals surface area contributed by atoms with Crippen LogP contribution in [-0.4, -0.2) is 39.6 Å². The Morgan fingerprint density at radius 3 is 2.03 bits per heavy atom. The SMILES string of the molecule is CC(C)(C)[Si](C)(C)OCC1CCC(COCCCCCN2Cc3ccccc3C2)CC1. The first-order chi connectivity index (χ1) is 14.7. The molecule has 3 nitrogen and oxygen atoms in total. The molecule has 2 aliphatic rings. The van der Waals surface area contributed by atoms with Crippen molar-refractivity contribution >= 4 is 8.32 Å². The fraction of sp³-hybridized carbons (Fsp3) is 0.778. The molecule has 1 heterocycles. The second-order valence-corrected chi connectivity index (χ2v) is 16.4. The number of unbranched alkanes of at least 4 members (excludes halogenated alkanes) is 2. The minimum absolute atomic E-state index is 0.317. The third-order valence-corrected chi connectivity index (χ3v) is 12.5. The molecule has 0 bridgehead atoms. The second-order valence-electron chi connectivity index (χ2n) is 11.6. The molecule has 1 aliphatic heterocycles. The predicted molar refractivity (Wildman–Crippen MR) is 134 cm³/mol. The Labute approximate surface area is 193 Å². The molecule has 3 rings (SSSR count). The quantitative estimate of drug-likeness (QED) is 0.270. The highest BCUT2D eigenvalue weighted by molar-refractivity contribution is 6.74. The van der Waals surface area contributed by atoms with Gasteiger partial charge in [-0.15, -0.1) is 0 Å². The molecule has 0 amide bonds. The maximum atomic E-state index is 6.46. The van der Waals surface area contributed by atoms with Crippen LogP contribution in [0.3, 0.4) is 0 Å². The summed E-state index contributed by atoms with van der Waals surface area (Å²) < 4.78 is 12.5. The van der Waals surface area contributed by atoms with Crippen LogP contribution in [0.15, 0.2) is 24.3 Å². The highest BCUT2D eigenvalue weighted by Gasteiger charge is 2.37. The molecule has 0 radical (unpaired) electrons. The van der Waals surface area contributed by atoms with Crippen molar-refractivity contribution in [2.45, 2.75) is 96.9 Å². The Hall–Kier alpha value is -0.683. The number of fused-ring (bicyclic) bond motifs is 1. The summed E-state index contributed by atoms with van der Waals surface area (Å²) in [6.07, 6.45) is 9.06. The van der Waals surface area contributed by atoms with Gasteiger partial charge in [0.15, 0.2) is 8.32 Å². The van der Waals surface area contributed by atoms with Gasteiger partial charge in [0.1, 0.15) is 0 Å². The molecule has 0 saturated heterocycles. The average Bonchev–Trinajstić information content (AvgIpc) is 3.14. The first-order valence-corrected chi connectivity index (χ1v) is 15.7. The third kappa shape index (κ3) is 7.70. The van der Waals surface area contributed by atoms with Gasteiger partial charge in [0.2, 0.25) is 0 Å². The number of nitrogens with zero attached hydrogens (tertiary/aromatic N) is 1. The van der Waals surface area contributed by atoms with E-state index in [9.17, 15) is 0 Å².